The van der Waals surface area contributed by atoms with E-state index in [1.54, 1.807) is 19.1 Å². The van der Waals surface area contributed by atoms with Gasteiger partial charge in [0.25, 0.3) is 0 Å². The topological polar surface area (TPSA) is 53.1 Å². The average Bonchev–Trinajstić information content (AvgIpc) is 2.90. The molecule has 0 aromatic heterocycles. The fourth-order valence-corrected chi connectivity index (χ4v) is 5.98. The number of amides is 2. The molecule has 0 radical (unpaired) electrons. The summed E-state index contributed by atoms with van der Waals surface area (Å²) in [5.74, 6) is 0.740. The van der Waals surface area contributed by atoms with Gasteiger partial charge in [0.15, 0.2) is 0 Å². The van der Waals surface area contributed by atoms with Crippen molar-refractivity contribution >= 4 is 11.8 Å². The molecule has 2 aromatic carbocycles. The van der Waals surface area contributed by atoms with E-state index in [0.29, 0.717) is 32.0 Å². The van der Waals surface area contributed by atoms with Gasteiger partial charge < -0.3 is 14.5 Å². The first-order valence-corrected chi connectivity index (χ1v) is 13.9. The van der Waals surface area contributed by atoms with Crippen LogP contribution in [0.3, 0.4) is 0 Å². The molecule has 2 amide bonds. The largest absolute Gasteiger partial charge is 0.435 e. The van der Waals surface area contributed by atoms with Crippen LogP contribution in [-0.4, -0.2) is 71.9 Å². The van der Waals surface area contributed by atoms with Crippen molar-refractivity contribution in [2.24, 2.45) is 11.3 Å². The van der Waals surface area contributed by atoms with Crippen LogP contribution in [0, 0.1) is 11.3 Å². The quantitative estimate of drug-likeness (QED) is 0.459. The summed E-state index contributed by atoms with van der Waals surface area (Å²) in [6.45, 7) is 8.77. The molecule has 2 aliphatic heterocycles. The number of hydrogen-bond donors (Lipinski definition) is 0. The smallest absolute Gasteiger partial charge is 0.387 e. The number of benzene rings is 2. The van der Waals surface area contributed by atoms with E-state index in [-0.39, 0.29) is 35.1 Å². The molecule has 2 saturated heterocycles. The van der Waals surface area contributed by atoms with E-state index < -0.39 is 6.61 Å². The van der Waals surface area contributed by atoms with E-state index in [1.807, 2.05) is 35.2 Å². The highest BCUT2D eigenvalue weighted by Gasteiger charge is 2.40. The van der Waals surface area contributed by atoms with Crippen molar-refractivity contribution in [2.45, 2.75) is 65.7 Å². The van der Waals surface area contributed by atoms with Crippen molar-refractivity contribution in [2.75, 3.05) is 32.7 Å². The molecule has 0 spiro atoms. The lowest BCUT2D eigenvalue weighted by molar-refractivity contribution is -0.141. The second kappa shape index (κ2) is 12.5. The van der Waals surface area contributed by atoms with Crippen molar-refractivity contribution in [3.8, 4) is 5.75 Å². The van der Waals surface area contributed by atoms with E-state index in [9.17, 15) is 18.4 Å². The lowest BCUT2D eigenvalue weighted by Gasteiger charge is -2.50. The van der Waals surface area contributed by atoms with Gasteiger partial charge in [0.1, 0.15) is 5.75 Å². The van der Waals surface area contributed by atoms with Gasteiger partial charge in [0.05, 0.1) is 6.04 Å². The lowest BCUT2D eigenvalue weighted by Crippen LogP contribution is -2.60. The molecular weight excluding hydrogens is 500 g/mol. The maximum Gasteiger partial charge on any atom is 0.387 e. The van der Waals surface area contributed by atoms with E-state index in [0.717, 1.165) is 37.1 Å². The first-order chi connectivity index (χ1) is 18.5. The number of rotatable bonds is 7. The number of hydrogen-bond acceptors (Lipinski definition) is 4. The maximum atomic E-state index is 13.6. The Bertz CT molecular complexity index is 1100. The van der Waals surface area contributed by atoms with Crippen molar-refractivity contribution in [3.63, 3.8) is 0 Å². The first kappa shape index (κ1) is 29.0. The summed E-state index contributed by atoms with van der Waals surface area (Å²) in [4.78, 5) is 31.7. The summed E-state index contributed by atoms with van der Waals surface area (Å²) in [6.07, 6.45) is 2.26. The van der Waals surface area contributed by atoms with Crippen LogP contribution < -0.4 is 4.74 Å². The summed E-state index contributed by atoms with van der Waals surface area (Å²) < 4.78 is 30.0. The van der Waals surface area contributed by atoms with Crippen molar-refractivity contribution in [1.82, 2.24) is 14.7 Å². The third-order valence-electron chi connectivity index (χ3n) is 8.16. The normalized spacial score (nSPS) is 20.2. The van der Waals surface area contributed by atoms with Gasteiger partial charge in [-0.2, -0.15) is 8.78 Å². The Balaban J connectivity index is 1.52. The molecule has 2 aromatic rings. The summed E-state index contributed by atoms with van der Waals surface area (Å²) in [6, 6.07) is 17.0. The number of piperazine rings is 1. The van der Waals surface area contributed by atoms with Gasteiger partial charge in [-0.15, -0.1) is 0 Å². The molecule has 0 bridgehead atoms. The Morgan fingerprint density at radius 1 is 0.923 bits per heavy atom. The summed E-state index contributed by atoms with van der Waals surface area (Å²) >= 11 is 0. The highest BCUT2D eigenvalue weighted by molar-refractivity contribution is 5.77. The van der Waals surface area contributed by atoms with Crippen LogP contribution >= 0.6 is 0 Å². The van der Waals surface area contributed by atoms with Gasteiger partial charge in [-0.25, -0.2) is 0 Å². The van der Waals surface area contributed by atoms with Crippen LogP contribution in [0.4, 0.5) is 8.78 Å². The number of ether oxygens (including phenoxy) is 1. The van der Waals surface area contributed by atoms with E-state index >= 15 is 0 Å². The van der Waals surface area contributed by atoms with Crippen LogP contribution in [0.2, 0.25) is 0 Å². The molecule has 2 heterocycles. The minimum absolute atomic E-state index is 0.0173. The van der Waals surface area contributed by atoms with Crippen LogP contribution in [0.1, 0.15) is 64.1 Å². The Hall–Kier alpha value is -3.00. The van der Waals surface area contributed by atoms with Gasteiger partial charge in [-0.3, -0.25) is 14.5 Å². The summed E-state index contributed by atoms with van der Waals surface area (Å²) in [7, 11) is 0. The summed E-state index contributed by atoms with van der Waals surface area (Å²) in [5, 5.41) is 0. The number of carbonyl (C=O) groups is 2. The SMILES string of the molecule is CC(=O)N1CCC(CC(=O)N2CCN(C(c3ccccc3)c3ccc(OC(F)F)cc3)C[C@@H]2C(C)(C)C)CC1. The number of halogens is 2. The zero-order valence-corrected chi connectivity index (χ0v) is 23.5. The number of alkyl halides is 2. The Labute approximate surface area is 230 Å². The van der Waals surface area contributed by atoms with Crippen molar-refractivity contribution < 1.29 is 23.1 Å². The van der Waals surface area contributed by atoms with Crippen LogP contribution in [-0.2, 0) is 9.59 Å². The number of carbonyl (C=O) groups excluding carboxylic acids is 2. The van der Waals surface area contributed by atoms with Crippen LogP contribution in [0.25, 0.3) is 0 Å². The Kier molecular flexibility index (Phi) is 9.26. The third kappa shape index (κ3) is 7.35. The van der Waals surface area contributed by atoms with Gasteiger partial charge in [-0.1, -0.05) is 63.2 Å². The first-order valence-electron chi connectivity index (χ1n) is 13.9. The fraction of sp³-hybridized carbons (Fsp3) is 0.548. The predicted octanol–water partition coefficient (Wildman–Crippen LogP) is 5.58. The molecule has 39 heavy (non-hydrogen) atoms. The molecule has 2 aliphatic rings. The molecular formula is C31H41F2N3O3. The molecule has 2 atom stereocenters. The Morgan fingerprint density at radius 2 is 1.54 bits per heavy atom. The molecule has 6 nitrogen and oxygen atoms in total. The van der Waals surface area contributed by atoms with Crippen molar-refractivity contribution in [1.29, 1.82) is 0 Å². The highest BCUT2D eigenvalue weighted by atomic mass is 19.3. The maximum absolute atomic E-state index is 13.6. The van der Waals surface area contributed by atoms with E-state index in [4.69, 9.17) is 0 Å². The Morgan fingerprint density at radius 3 is 2.10 bits per heavy atom. The number of nitrogens with zero attached hydrogens (tertiary/aromatic N) is 3. The van der Waals surface area contributed by atoms with Gasteiger partial charge in [0.2, 0.25) is 11.8 Å². The third-order valence-corrected chi connectivity index (χ3v) is 8.16. The predicted molar refractivity (Wildman–Crippen MR) is 147 cm³/mol. The highest BCUT2D eigenvalue weighted by Crippen LogP contribution is 2.36. The van der Waals surface area contributed by atoms with Crippen LogP contribution in [0.5, 0.6) is 5.75 Å². The van der Waals surface area contributed by atoms with E-state index in [1.165, 1.54) is 0 Å². The second-order valence-corrected chi connectivity index (χ2v) is 11.9. The minimum atomic E-state index is -2.86. The zero-order valence-electron chi connectivity index (χ0n) is 23.5. The standard InChI is InChI=1S/C31H41F2N3O3/c1-22(37)34-16-14-23(15-17-34)20-28(38)36-19-18-35(21-27(36)31(2,3)4)29(24-8-6-5-7-9-24)25-10-12-26(13-11-25)39-30(32)33/h5-13,23,27,29-30H,14-21H2,1-4H3/t27-,29?/m1/s1. The van der Waals surface area contributed by atoms with E-state index in [2.05, 4.69) is 47.4 Å². The summed E-state index contributed by atoms with van der Waals surface area (Å²) in [5.41, 5.74) is 1.97. The zero-order chi connectivity index (χ0) is 28.2. The van der Waals surface area contributed by atoms with Gasteiger partial charge >= 0.3 is 6.61 Å². The van der Waals surface area contributed by atoms with Gasteiger partial charge in [0, 0.05) is 52.1 Å². The number of piperidine rings is 1. The molecule has 8 heteroatoms. The van der Waals surface area contributed by atoms with Gasteiger partial charge in [-0.05, 0) is 47.4 Å². The van der Waals surface area contributed by atoms with Crippen molar-refractivity contribution in [3.05, 3.63) is 65.7 Å². The molecule has 2 fully saturated rings. The average molecular weight is 542 g/mol. The molecule has 1 unspecified atom stereocenters. The lowest BCUT2D eigenvalue weighted by atomic mass is 9.82. The second-order valence-electron chi connectivity index (χ2n) is 11.9. The molecule has 4 rings (SSSR count). The molecule has 0 aliphatic carbocycles. The monoisotopic (exact) mass is 541 g/mol. The van der Waals surface area contributed by atoms with Crippen LogP contribution in [0.15, 0.2) is 54.6 Å². The molecule has 0 N–H and O–H groups in total. The fourth-order valence-electron chi connectivity index (χ4n) is 5.98. The number of likely N-dealkylation sites (tertiary alicyclic amines) is 1. The minimum Gasteiger partial charge on any atom is -0.435 e. The molecule has 0 saturated carbocycles. The molecule has 212 valence electrons.